The maximum Gasteiger partial charge on any atom is 0.253 e. The molecule has 9 heteroatoms. The van der Waals surface area contributed by atoms with Gasteiger partial charge in [0.2, 0.25) is 0 Å². The molecule has 1 aliphatic heterocycles. The van der Waals surface area contributed by atoms with Crippen molar-refractivity contribution < 1.29 is 27.6 Å². The van der Waals surface area contributed by atoms with Crippen LogP contribution in [0.2, 0.25) is 0 Å². The fourth-order valence-electron chi connectivity index (χ4n) is 4.40. The predicted octanol–water partition coefficient (Wildman–Crippen LogP) is 5.94. The van der Waals surface area contributed by atoms with Gasteiger partial charge in [0.15, 0.2) is 0 Å². The molecule has 3 aromatic rings. The zero-order valence-electron chi connectivity index (χ0n) is 19.6. The van der Waals surface area contributed by atoms with Crippen molar-refractivity contribution in [3.63, 3.8) is 0 Å². The molecule has 1 aliphatic rings. The fraction of sp³-hybridized carbons (Fsp3) is 0.296. The zero-order chi connectivity index (χ0) is 25.9. The summed E-state index contributed by atoms with van der Waals surface area (Å²) in [5.41, 5.74) is 2.71. The Hall–Kier alpha value is -3.75. The van der Waals surface area contributed by atoms with Crippen molar-refractivity contribution >= 4 is 11.6 Å². The second-order valence-corrected chi connectivity index (χ2v) is 8.93. The average molecular weight is 500 g/mol. The van der Waals surface area contributed by atoms with Crippen LogP contribution < -0.4 is 0 Å². The van der Waals surface area contributed by atoms with Crippen molar-refractivity contribution in [2.75, 3.05) is 13.1 Å². The van der Waals surface area contributed by atoms with Gasteiger partial charge in [0.05, 0.1) is 5.71 Å². The van der Waals surface area contributed by atoms with Crippen LogP contribution in [0.25, 0.3) is 0 Å². The number of likely N-dealkylation sites (tertiary alicyclic amines) is 1. The molecular formula is C27H25F4N3O2. The van der Waals surface area contributed by atoms with E-state index in [0.717, 1.165) is 12.1 Å². The standard InChI is InChI=1S/C27H25F4N3O2/c1-17-14-20(8-11-32-17)25(33-36)16-23(22-7-6-21(28)15-24(22)29)18-2-4-19(5-3-18)26(35)34-12-9-27(30,31)10-13-34/h2-8,11,14-15,23,36H,9-10,12-13,16H2,1H3/b33-25+. The van der Waals surface area contributed by atoms with Crippen LogP contribution in [-0.2, 0) is 0 Å². The van der Waals surface area contributed by atoms with E-state index < -0.39 is 23.5 Å². The number of hydrogen-bond donors (Lipinski definition) is 1. The van der Waals surface area contributed by atoms with Gasteiger partial charge in [-0.1, -0.05) is 23.4 Å². The Balaban J connectivity index is 1.64. The minimum absolute atomic E-state index is 0.0291. The number of aromatic nitrogens is 1. The number of hydrogen-bond acceptors (Lipinski definition) is 4. The maximum atomic E-state index is 14.8. The first-order chi connectivity index (χ1) is 17.2. The topological polar surface area (TPSA) is 65.8 Å². The summed E-state index contributed by atoms with van der Waals surface area (Å²) in [4.78, 5) is 18.3. The molecule has 1 N–H and O–H groups in total. The summed E-state index contributed by atoms with van der Waals surface area (Å²) >= 11 is 0. The molecule has 1 fully saturated rings. The third kappa shape index (κ3) is 5.72. The van der Waals surface area contributed by atoms with Gasteiger partial charge in [-0.15, -0.1) is 0 Å². The number of aryl methyl sites for hydroxylation is 1. The van der Waals surface area contributed by atoms with Gasteiger partial charge in [0.1, 0.15) is 11.6 Å². The lowest BCUT2D eigenvalue weighted by atomic mass is 9.84. The van der Waals surface area contributed by atoms with E-state index in [9.17, 15) is 27.6 Å². The summed E-state index contributed by atoms with van der Waals surface area (Å²) in [6, 6.07) is 13.1. The molecule has 4 rings (SSSR count). The molecule has 2 heterocycles. The minimum Gasteiger partial charge on any atom is -0.411 e. The lowest BCUT2D eigenvalue weighted by molar-refractivity contribution is -0.0494. The first-order valence-corrected chi connectivity index (χ1v) is 11.5. The number of oxime groups is 1. The lowest BCUT2D eigenvalue weighted by Gasteiger charge is -2.31. The van der Waals surface area contributed by atoms with Gasteiger partial charge in [-0.2, -0.15) is 0 Å². The molecule has 0 aliphatic carbocycles. The van der Waals surface area contributed by atoms with Crippen LogP contribution in [0, 0.1) is 18.6 Å². The second-order valence-electron chi connectivity index (χ2n) is 8.93. The summed E-state index contributed by atoms with van der Waals surface area (Å²) in [6.45, 7) is 1.73. The number of nitrogens with zero attached hydrogens (tertiary/aromatic N) is 3. The summed E-state index contributed by atoms with van der Waals surface area (Å²) in [7, 11) is 0. The molecular weight excluding hydrogens is 474 g/mol. The highest BCUT2D eigenvalue weighted by Crippen LogP contribution is 2.33. The molecule has 0 bridgehead atoms. The number of piperidine rings is 1. The third-order valence-electron chi connectivity index (χ3n) is 6.43. The Bertz CT molecular complexity index is 1270. The summed E-state index contributed by atoms with van der Waals surface area (Å²) in [5.74, 6) is -5.25. The van der Waals surface area contributed by atoms with Gasteiger partial charge < -0.3 is 10.1 Å². The number of alkyl halides is 2. The normalized spacial score (nSPS) is 16.6. The van der Waals surface area contributed by atoms with Crippen molar-refractivity contribution in [3.8, 4) is 0 Å². The number of carbonyl (C=O) groups is 1. The summed E-state index contributed by atoms with van der Waals surface area (Å²) < 4.78 is 55.4. The van der Waals surface area contributed by atoms with Gasteiger partial charge in [-0.25, -0.2) is 17.6 Å². The average Bonchev–Trinajstić information content (AvgIpc) is 2.85. The Labute approximate surface area is 206 Å². The Morgan fingerprint density at radius 3 is 2.36 bits per heavy atom. The molecule has 0 spiro atoms. The molecule has 1 saturated heterocycles. The van der Waals surface area contributed by atoms with Gasteiger partial charge >= 0.3 is 0 Å². The Morgan fingerprint density at radius 1 is 1.06 bits per heavy atom. The first kappa shape index (κ1) is 25.3. The van der Waals surface area contributed by atoms with Crippen LogP contribution in [0.3, 0.4) is 0 Å². The Kier molecular flexibility index (Phi) is 7.37. The molecule has 1 amide bonds. The van der Waals surface area contributed by atoms with Crippen LogP contribution in [0.15, 0.2) is 65.9 Å². The highest BCUT2D eigenvalue weighted by molar-refractivity contribution is 6.01. The van der Waals surface area contributed by atoms with E-state index in [2.05, 4.69) is 10.1 Å². The smallest absolute Gasteiger partial charge is 0.253 e. The number of rotatable bonds is 6. The van der Waals surface area contributed by atoms with Crippen LogP contribution in [0.1, 0.15) is 57.9 Å². The number of carbonyl (C=O) groups excluding carboxylic acids is 1. The Morgan fingerprint density at radius 2 is 1.75 bits per heavy atom. The highest BCUT2D eigenvalue weighted by atomic mass is 19.3. The van der Waals surface area contributed by atoms with Crippen LogP contribution in [0.4, 0.5) is 17.6 Å². The lowest BCUT2D eigenvalue weighted by Crippen LogP contribution is -2.42. The van der Waals surface area contributed by atoms with Crippen molar-refractivity contribution in [2.24, 2.45) is 5.16 Å². The number of halogens is 4. The van der Waals surface area contributed by atoms with Gasteiger partial charge in [-0.05, 0) is 48.4 Å². The molecule has 0 radical (unpaired) electrons. The molecule has 2 aromatic carbocycles. The van der Waals surface area contributed by atoms with E-state index in [1.807, 2.05) is 0 Å². The van der Waals surface area contributed by atoms with E-state index in [4.69, 9.17) is 0 Å². The largest absolute Gasteiger partial charge is 0.411 e. The molecule has 0 saturated carbocycles. The molecule has 5 nitrogen and oxygen atoms in total. The highest BCUT2D eigenvalue weighted by Gasteiger charge is 2.35. The SMILES string of the molecule is Cc1cc(/C(CC(c2ccc(C(=O)N3CCC(F)(F)CC3)cc2)c2ccc(F)cc2F)=N/O)ccn1. The van der Waals surface area contributed by atoms with Gasteiger partial charge in [-0.3, -0.25) is 9.78 Å². The van der Waals surface area contributed by atoms with Gasteiger partial charge in [0, 0.05) is 67.4 Å². The number of benzene rings is 2. The van der Waals surface area contributed by atoms with Crippen molar-refractivity contribution in [1.82, 2.24) is 9.88 Å². The third-order valence-corrected chi connectivity index (χ3v) is 6.43. The second kappa shape index (κ2) is 10.5. The molecule has 1 unspecified atom stereocenters. The fourth-order valence-corrected chi connectivity index (χ4v) is 4.40. The van der Waals surface area contributed by atoms with E-state index in [-0.39, 0.29) is 49.5 Å². The minimum atomic E-state index is -2.76. The van der Waals surface area contributed by atoms with Crippen LogP contribution in [0.5, 0.6) is 0 Å². The maximum absolute atomic E-state index is 14.8. The monoisotopic (exact) mass is 499 g/mol. The summed E-state index contributed by atoms with van der Waals surface area (Å²) in [6.07, 6.45) is 0.901. The van der Waals surface area contributed by atoms with Crippen molar-refractivity contribution in [3.05, 3.63) is 100 Å². The van der Waals surface area contributed by atoms with Crippen molar-refractivity contribution in [1.29, 1.82) is 0 Å². The van der Waals surface area contributed by atoms with E-state index in [1.165, 1.54) is 11.0 Å². The number of pyridine rings is 1. The van der Waals surface area contributed by atoms with Crippen LogP contribution in [-0.4, -0.2) is 45.7 Å². The summed E-state index contributed by atoms with van der Waals surface area (Å²) in [5, 5.41) is 13.2. The van der Waals surface area contributed by atoms with Crippen molar-refractivity contribution in [2.45, 2.75) is 38.0 Å². The van der Waals surface area contributed by atoms with E-state index in [0.29, 0.717) is 22.4 Å². The molecule has 1 aromatic heterocycles. The molecule has 188 valence electrons. The molecule has 1 atom stereocenters. The van der Waals surface area contributed by atoms with Gasteiger partial charge in [0.25, 0.3) is 11.8 Å². The van der Waals surface area contributed by atoms with E-state index >= 15 is 0 Å². The predicted molar refractivity (Wildman–Crippen MR) is 127 cm³/mol. The molecule has 36 heavy (non-hydrogen) atoms. The first-order valence-electron chi connectivity index (χ1n) is 11.5. The quantitative estimate of drug-likeness (QED) is 0.198. The zero-order valence-corrected chi connectivity index (χ0v) is 19.6. The van der Waals surface area contributed by atoms with Crippen LogP contribution >= 0.6 is 0 Å². The number of amides is 1. The van der Waals surface area contributed by atoms with E-state index in [1.54, 1.807) is 49.5 Å².